The molecule has 0 aliphatic rings. The minimum atomic E-state index is -1.07. The van der Waals surface area contributed by atoms with Crippen molar-refractivity contribution in [2.45, 2.75) is 37.1 Å². The molecule has 0 bridgehead atoms. The maximum absolute atomic E-state index is 8.23. The summed E-state index contributed by atoms with van der Waals surface area (Å²) in [6.45, 7) is 2.10. The van der Waals surface area contributed by atoms with Gasteiger partial charge in [-0.25, -0.2) is 0 Å². The van der Waals surface area contributed by atoms with Crippen molar-refractivity contribution in [2.24, 2.45) is 0 Å². The lowest BCUT2D eigenvalue weighted by molar-refractivity contribution is 0.579. The summed E-state index contributed by atoms with van der Waals surface area (Å²) in [4.78, 5) is 0. The summed E-state index contributed by atoms with van der Waals surface area (Å²) < 4.78 is -1.07. The lowest BCUT2D eigenvalue weighted by atomic mass is 10.2. The molecule has 0 aromatic carbocycles. The first-order valence-electron chi connectivity index (χ1n) is 3.66. The van der Waals surface area contributed by atoms with Crippen molar-refractivity contribution >= 4 is 23.2 Å². The first-order valence-corrected chi connectivity index (χ1v) is 4.42. The highest BCUT2D eigenvalue weighted by Gasteiger charge is 2.21. The molecular formula is C7H12Cl2N2. The van der Waals surface area contributed by atoms with Crippen molar-refractivity contribution < 1.29 is 0 Å². The van der Waals surface area contributed by atoms with Gasteiger partial charge in [-0.1, -0.05) is 43.0 Å². The lowest BCUT2D eigenvalue weighted by Gasteiger charge is -2.16. The monoisotopic (exact) mass is 194 g/mol. The van der Waals surface area contributed by atoms with Gasteiger partial charge in [-0.2, -0.15) is 5.26 Å². The van der Waals surface area contributed by atoms with Crippen molar-refractivity contribution in [1.82, 2.24) is 5.32 Å². The largest absolute Gasteiger partial charge is 0.291 e. The van der Waals surface area contributed by atoms with E-state index in [-0.39, 0.29) is 0 Å². The number of nitrogens with zero attached hydrogens (tertiary/aromatic N) is 1. The number of nitrogens with one attached hydrogen (secondary N) is 1. The molecule has 0 radical (unpaired) electrons. The summed E-state index contributed by atoms with van der Waals surface area (Å²) in [5.74, 6) is 0. The Morgan fingerprint density at radius 1 is 1.45 bits per heavy atom. The van der Waals surface area contributed by atoms with Gasteiger partial charge in [0, 0.05) is 0 Å². The van der Waals surface area contributed by atoms with Gasteiger partial charge >= 0.3 is 0 Å². The van der Waals surface area contributed by atoms with Gasteiger partial charge in [-0.05, 0) is 12.8 Å². The topological polar surface area (TPSA) is 35.8 Å². The molecule has 64 valence electrons. The number of rotatable bonds is 5. The number of unbranched alkanes of at least 4 members (excludes halogenated alkanes) is 2. The Bertz CT molecular complexity index is 140. The van der Waals surface area contributed by atoms with Gasteiger partial charge in [0.25, 0.3) is 0 Å². The molecule has 4 heteroatoms. The van der Waals surface area contributed by atoms with E-state index in [0.717, 1.165) is 19.3 Å². The molecule has 0 heterocycles. The number of nitriles is 1. The van der Waals surface area contributed by atoms with Crippen molar-refractivity contribution in [1.29, 1.82) is 5.26 Å². The van der Waals surface area contributed by atoms with Crippen LogP contribution in [0.5, 0.6) is 0 Å². The molecule has 0 amide bonds. The molecular weight excluding hydrogens is 183 g/mol. The van der Waals surface area contributed by atoms with Crippen LogP contribution < -0.4 is 5.32 Å². The fourth-order valence-electron chi connectivity index (χ4n) is 0.741. The highest BCUT2D eigenvalue weighted by molar-refractivity contribution is 6.48. The normalized spacial score (nSPS) is 10.7. The van der Waals surface area contributed by atoms with Crippen LogP contribution in [0.15, 0.2) is 0 Å². The third kappa shape index (κ3) is 6.28. The molecule has 0 fully saturated rings. The van der Waals surface area contributed by atoms with E-state index in [9.17, 15) is 0 Å². The van der Waals surface area contributed by atoms with Gasteiger partial charge in [0.05, 0.1) is 0 Å². The van der Waals surface area contributed by atoms with E-state index in [1.807, 2.05) is 0 Å². The van der Waals surface area contributed by atoms with E-state index in [2.05, 4.69) is 12.2 Å². The van der Waals surface area contributed by atoms with Crippen molar-refractivity contribution in [3.8, 4) is 6.19 Å². The first-order chi connectivity index (χ1) is 5.12. The molecule has 0 saturated heterocycles. The average Bonchev–Trinajstić information content (AvgIpc) is 1.87. The highest BCUT2D eigenvalue weighted by atomic mass is 35.5. The maximum Gasteiger partial charge on any atom is 0.196 e. The zero-order valence-corrected chi connectivity index (χ0v) is 8.04. The number of halogens is 2. The SMILES string of the molecule is CCCCCC(Cl)(Cl)NC#N. The summed E-state index contributed by atoms with van der Waals surface area (Å²) in [5, 5.41) is 10.5. The molecule has 0 aliphatic carbocycles. The number of alkyl halides is 2. The van der Waals surface area contributed by atoms with Gasteiger partial charge in [-0.3, -0.25) is 5.32 Å². The molecule has 2 nitrogen and oxygen atoms in total. The van der Waals surface area contributed by atoms with Crippen LogP contribution in [0, 0.1) is 11.5 Å². The Balaban J connectivity index is 3.48. The summed E-state index contributed by atoms with van der Waals surface area (Å²) in [6, 6.07) is 0. The Labute approximate surface area is 77.5 Å². The van der Waals surface area contributed by atoms with Crippen LogP contribution in [0.1, 0.15) is 32.6 Å². The maximum atomic E-state index is 8.23. The fraction of sp³-hybridized carbons (Fsp3) is 0.857. The fourth-order valence-corrected chi connectivity index (χ4v) is 1.09. The Morgan fingerprint density at radius 2 is 2.09 bits per heavy atom. The third-order valence-corrected chi connectivity index (χ3v) is 1.90. The Morgan fingerprint density at radius 3 is 2.55 bits per heavy atom. The predicted octanol–water partition coefficient (Wildman–Crippen LogP) is 2.77. The van der Waals surface area contributed by atoms with Crippen molar-refractivity contribution in [3.63, 3.8) is 0 Å². The Hall–Kier alpha value is -0.130. The number of hydrogen-bond acceptors (Lipinski definition) is 2. The lowest BCUT2D eigenvalue weighted by Crippen LogP contribution is -2.29. The molecule has 0 aromatic rings. The van der Waals surface area contributed by atoms with Crippen LogP contribution in [0.25, 0.3) is 0 Å². The second kappa shape index (κ2) is 5.51. The zero-order valence-electron chi connectivity index (χ0n) is 6.53. The minimum absolute atomic E-state index is 0.609. The summed E-state index contributed by atoms with van der Waals surface area (Å²) >= 11 is 11.4. The smallest absolute Gasteiger partial charge is 0.196 e. The van der Waals surface area contributed by atoms with Crippen LogP contribution in [-0.4, -0.2) is 4.46 Å². The number of hydrogen-bond donors (Lipinski definition) is 1. The standard InChI is InChI=1S/C7H12Cl2N2/c1-2-3-4-5-7(8,9)11-6-10/h11H,2-5H2,1H3. The first kappa shape index (κ1) is 10.9. The van der Waals surface area contributed by atoms with Gasteiger partial charge < -0.3 is 0 Å². The van der Waals surface area contributed by atoms with E-state index in [4.69, 9.17) is 28.5 Å². The van der Waals surface area contributed by atoms with Crippen LogP contribution in [0.3, 0.4) is 0 Å². The van der Waals surface area contributed by atoms with Crippen molar-refractivity contribution in [3.05, 3.63) is 0 Å². The van der Waals surface area contributed by atoms with Crippen LogP contribution in [0.4, 0.5) is 0 Å². The summed E-state index contributed by atoms with van der Waals surface area (Å²) in [6.07, 6.45) is 5.49. The molecule has 0 unspecified atom stereocenters. The predicted molar refractivity (Wildman–Crippen MR) is 47.3 cm³/mol. The van der Waals surface area contributed by atoms with E-state index in [0.29, 0.717) is 6.42 Å². The zero-order chi connectivity index (χ0) is 8.74. The highest BCUT2D eigenvalue weighted by Crippen LogP contribution is 2.23. The van der Waals surface area contributed by atoms with E-state index < -0.39 is 4.46 Å². The minimum Gasteiger partial charge on any atom is -0.291 e. The second-order valence-electron chi connectivity index (χ2n) is 2.40. The van der Waals surface area contributed by atoms with Gasteiger partial charge in [0.15, 0.2) is 10.7 Å². The molecule has 1 N–H and O–H groups in total. The summed E-state index contributed by atoms with van der Waals surface area (Å²) in [7, 11) is 0. The van der Waals surface area contributed by atoms with E-state index in [1.54, 1.807) is 6.19 Å². The average molecular weight is 195 g/mol. The molecule has 0 spiro atoms. The molecule has 0 saturated carbocycles. The molecule has 0 aliphatic heterocycles. The Kier molecular flexibility index (Phi) is 5.45. The van der Waals surface area contributed by atoms with Gasteiger partial charge in [0.1, 0.15) is 0 Å². The molecule has 0 aromatic heterocycles. The molecule has 0 rings (SSSR count). The van der Waals surface area contributed by atoms with E-state index >= 15 is 0 Å². The van der Waals surface area contributed by atoms with E-state index in [1.165, 1.54) is 0 Å². The quantitative estimate of drug-likeness (QED) is 0.240. The van der Waals surface area contributed by atoms with Crippen LogP contribution >= 0.6 is 23.2 Å². The van der Waals surface area contributed by atoms with Crippen LogP contribution in [0.2, 0.25) is 0 Å². The second-order valence-corrected chi connectivity index (χ2v) is 3.88. The third-order valence-electron chi connectivity index (χ3n) is 1.33. The van der Waals surface area contributed by atoms with Crippen molar-refractivity contribution in [2.75, 3.05) is 0 Å². The van der Waals surface area contributed by atoms with Crippen LogP contribution in [-0.2, 0) is 0 Å². The molecule has 11 heavy (non-hydrogen) atoms. The summed E-state index contributed by atoms with van der Waals surface area (Å²) in [5.41, 5.74) is 0. The molecule has 0 atom stereocenters. The van der Waals surface area contributed by atoms with Gasteiger partial charge in [-0.15, -0.1) is 0 Å². The van der Waals surface area contributed by atoms with Gasteiger partial charge in [0.2, 0.25) is 0 Å².